The number of carbonyl (C=O) groups is 2. The summed E-state index contributed by atoms with van der Waals surface area (Å²) in [5.41, 5.74) is 1.77. The minimum atomic E-state index is -3.69. The standard InChI is InChI=1S/C25H35N3O4S/c1-17-5-3-11-26(15-17)24(29)20-6-4-12-27(16-20)33(31,32)22-9-10-23-21(14-22)13-18(2)28(23)25(30)19-7-8-19/h9-10,14,17-20H,3-8,11-13,15-16H2,1-2H3/t17-,18-,20-/m1/s1. The van der Waals surface area contributed by atoms with Crippen LogP contribution in [-0.4, -0.2) is 61.7 Å². The Kier molecular flexibility index (Phi) is 6.02. The largest absolute Gasteiger partial charge is 0.342 e. The normalized spacial score (nSPS) is 28.6. The van der Waals surface area contributed by atoms with E-state index in [4.69, 9.17) is 0 Å². The first-order valence-corrected chi connectivity index (χ1v) is 13.9. The number of benzene rings is 1. The van der Waals surface area contributed by atoms with Crippen molar-refractivity contribution in [2.24, 2.45) is 17.8 Å². The predicted octanol–water partition coefficient (Wildman–Crippen LogP) is 3.03. The summed E-state index contributed by atoms with van der Waals surface area (Å²) in [4.78, 5) is 29.9. The van der Waals surface area contributed by atoms with E-state index in [2.05, 4.69) is 6.92 Å². The lowest BCUT2D eigenvalue weighted by Gasteiger charge is -2.37. The van der Waals surface area contributed by atoms with E-state index < -0.39 is 10.0 Å². The van der Waals surface area contributed by atoms with Crippen LogP contribution in [-0.2, 0) is 26.0 Å². The third kappa shape index (κ3) is 4.32. The minimum absolute atomic E-state index is 0.0509. The summed E-state index contributed by atoms with van der Waals surface area (Å²) < 4.78 is 28.5. The average molecular weight is 474 g/mol. The summed E-state index contributed by atoms with van der Waals surface area (Å²) in [6.45, 7) is 6.46. The quantitative estimate of drug-likeness (QED) is 0.673. The number of piperidine rings is 2. The molecular weight excluding hydrogens is 438 g/mol. The van der Waals surface area contributed by atoms with Gasteiger partial charge in [-0.05, 0) is 81.5 Å². The van der Waals surface area contributed by atoms with Gasteiger partial charge in [-0.1, -0.05) is 6.92 Å². The number of rotatable bonds is 4. The zero-order valence-electron chi connectivity index (χ0n) is 19.7. The molecule has 3 fully saturated rings. The number of anilines is 1. The van der Waals surface area contributed by atoms with Crippen LogP contribution >= 0.6 is 0 Å². The number of hydrogen-bond acceptors (Lipinski definition) is 4. The van der Waals surface area contributed by atoms with Crippen LogP contribution < -0.4 is 4.90 Å². The van der Waals surface area contributed by atoms with Gasteiger partial charge in [0.2, 0.25) is 21.8 Å². The molecule has 1 aliphatic carbocycles. The Morgan fingerprint density at radius 2 is 1.67 bits per heavy atom. The van der Waals surface area contributed by atoms with Crippen molar-refractivity contribution in [2.75, 3.05) is 31.1 Å². The van der Waals surface area contributed by atoms with Gasteiger partial charge in [0, 0.05) is 43.8 Å². The van der Waals surface area contributed by atoms with E-state index in [9.17, 15) is 18.0 Å². The van der Waals surface area contributed by atoms with Gasteiger partial charge in [-0.25, -0.2) is 8.42 Å². The molecule has 4 aliphatic rings. The molecule has 3 atom stereocenters. The third-order valence-electron chi connectivity index (χ3n) is 7.77. The molecule has 0 bridgehead atoms. The van der Waals surface area contributed by atoms with Crippen LogP contribution in [0.15, 0.2) is 23.1 Å². The van der Waals surface area contributed by atoms with Crippen molar-refractivity contribution in [3.05, 3.63) is 23.8 Å². The zero-order valence-corrected chi connectivity index (χ0v) is 20.5. The molecule has 1 aromatic rings. The lowest BCUT2D eigenvalue weighted by Crippen LogP contribution is -2.48. The predicted molar refractivity (Wildman–Crippen MR) is 126 cm³/mol. The van der Waals surface area contributed by atoms with Crippen molar-refractivity contribution in [3.8, 4) is 0 Å². The van der Waals surface area contributed by atoms with Crippen molar-refractivity contribution < 1.29 is 18.0 Å². The van der Waals surface area contributed by atoms with Gasteiger partial charge in [-0.2, -0.15) is 4.31 Å². The molecule has 33 heavy (non-hydrogen) atoms. The molecule has 1 aromatic carbocycles. The van der Waals surface area contributed by atoms with Crippen LogP contribution in [0.3, 0.4) is 0 Å². The maximum absolute atomic E-state index is 13.5. The lowest BCUT2D eigenvalue weighted by atomic mass is 9.94. The number of sulfonamides is 1. The van der Waals surface area contributed by atoms with Gasteiger partial charge in [0.25, 0.3) is 0 Å². The maximum atomic E-state index is 13.5. The third-order valence-corrected chi connectivity index (χ3v) is 9.63. The van der Waals surface area contributed by atoms with E-state index >= 15 is 0 Å². The number of fused-ring (bicyclic) bond motifs is 1. The van der Waals surface area contributed by atoms with Gasteiger partial charge >= 0.3 is 0 Å². The summed E-state index contributed by atoms with van der Waals surface area (Å²) in [5, 5.41) is 0. The molecule has 1 saturated carbocycles. The van der Waals surface area contributed by atoms with Crippen LogP contribution in [0.25, 0.3) is 0 Å². The highest BCUT2D eigenvalue weighted by Gasteiger charge is 2.41. The first-order chi connectivity index (χ1) is 15.8. The van der Waals surface area contributed by atoms with Crippen molar-refractivity contribution in [1.82, 2.24) is 9.21 Å². The first-order valence-electron chi connectivity index (χ1n) is 12.5. The van der Waals surface area contributed by atoms with Crippen LogP contribution in [0.5, 0.6) is 0 Å². The number of likely N-dealkylation sites (tertiary alicyclic amines) is 1. The fourth-order valence-electron chi connectivity index (χ4n) is 5.79. The average Bonchev–Trinajstić information content (AvgIpc) is 3.60. The van der Waals surface area contributed by atoms with Crippen LogP contribution in [0, 0.1) is 17.8 Å². The zero-order chi connectivity index (χ0) is 23.3. The van der Waals surface area contributed by atoms with E-state index in [1.807, 2.05) is 16.7 Å². The molecule has 180 valence electrons. The van der Waals surface area contributed by atoms with E-state index in [0.717, 1.165) is 56.4 Å². The summed E-state index contributed by atoms with van der Waals surface area (Å²) in [7, 11) is -3.69. The van der Waals surface area contributed by atoms with Gasteiger partial charge in [0.05, 0.1) is 10.8 Å². The molecule has 0 unspecified atom stereocenters. The topological polar surface area (TPSA) is 78.0 Å². The summed E-state index contributed by atoms with van der Waals surface area (Å²) in [6.07, 6.45) is 6.20. The van der Waals surface area contributed by atoms with Crippen LogP contribution in [0.4, 0.5) is 5.69 Å². The molecule has 0 aromatic heterocycles. The summed E-state index contributed by atoms with van der Waals surface area (Å²) in [6, 6.07) is 5.24. The number of amides is 2. The number of hydrogen-bond donors (Lipinski definition) is 0. The second-order valence-corrected chi connectivity index (χ2v) is 12.5. The second kappa shape index (κ2) is 8.69. The van der Waals surface area contributed by atoms with E-state index in [1.54, 1.807) is 18.2 Å². The van der Waals surface area contributed by atoms with Crippen molar-refractivity contribution in [3.63, 3.8) is 0 Å². The van der Waals surface area contributed by atoms with Gasteiger partial charge in [-0.15, -0.1) is 0 Å². The Morgan fingerprint density at radius 3 is 2.39 bits per heavy atom. The Bertz CT molecular complexity index is 1050. The summed E-state index contributed by atoms with van der Waals surface area (Å²) >= 11 is 0. The van der Waals surface area contributed by atoms with Crippen molar-refractivity contribution in [2.45, 2.75) is 69.7 Å². The Morgan fingerprint density at radius 1 is 0.909 bits per heavy atom. The Labute approximate surface area is 197 Å². The molecule has 0 spiro atoms. The molecule has 3 aliphatic heterocycles. The fraction of sp³-hybridized carbons (Fsp3) is 0.680. The van der Waals surface area contributed by atoms with Gasteiger partial charge in [0.15, 0.2) is 0 Å². The van der Waals surface area contributed by atoms with Crippen LogP contribution in [0.1, 0.15) is 57.9 Å². The molecule has 7 nitrogen and oxygen atoms in total. The molecule has 2 amide bonds. The highest BCUT2D eigenvalue weighted by molar-refractivity contribution is 7.89. The van der Waals surface area contributed by atoms with Crippen molar-refractivity contribution in [1.29, 1.82) is 0 Å². The second-order valence-electron chi connectivity index (χ2n) is 10.6. The van der Waals surface area contributed by atoms with E-state index in [-0.39, 0.29) is 41.1 Å². The van der Waals surface area contributed by atoms with E-state index in [0.29, 0.717) is 25.3 Å². The van der Waals surface area contributed by atoms with Crippen LogP contribution in [0.2, 0.25) is 0 Å². The van der Waals surface area contributed by atoms with Gasteiger partial charge in [0.1, 0.15) is 0 Å². The molecule has 8 heteroatoms. The number of nitrogens with zero attached hydrogens (tertiary/aromatic N) is 3. The molecule has 3 heterocycles. The highest BCUT2D eigenvalue weighted by Crippen LogP contribution is 2.40. The first kappa shape index (κ1) is 22.8. The molecule has 5 rings (SSSR count). The number of carbonyl (C=O) groups excluding carboxylic acids is 2. The molecule has 0 N–H and O–H groups in total. The summed E-state index contributed by atoms with van der Waals surface area (Å²) in [5.74, 6) is 0.651. The monoisotopic (exact) mass is 473 g/mol. The Hall–Kier alpha value is -1.93. The fourth-order valence-corrected chi connectivity index (χ4v) is 7.36. The van der Waals surface area contributed by atoms with Crippen molar-refractivity contribution >= 4 is 27.5 Å². The molecule has 2 saturated heterocycles. The maximum Gasteiger partial charge on any atom is 0.243 e. The minimum Gasteiger partial charge on any atom is -0.342 e. The lowest BCUT2D eigenvalue weighted by molar-refractivity contribution is -0.138. The molecular formula is C25H35N3O4S. The smallest absolute Gasteiger partial charge is 0.243 e. The van der Waals surface area contributed by atoms with Gasteiger partial charge in [-0.3, -0.25) is 9.59 Å². The SMILES string of the molecule is C[C@@H]1CCCN(C(=O)[C@@H]2CCCN(S(=O)(=O)c3ccc4c(c3)C[C@@H](C)N4C(=O)C3CC3)C2)C1. The molecule has 0 radical (unpaired) electrons. The van der Waals surface area contributed by atoms with E-state index in [1.165, 1.54) is 4.31 Å². The Balaban J connectivity index is 1.33. The van der Waals surface area contributed by atoms with Gasteiger partial charge < -0.3 is 9.80 Å². The highest BCUT2D eigenvalue weighted by atomic mass is 32.2.